The summed E-state index contributed by atoms with van der Waals surface area (Å²) >= 11 is 0. The van der Waals surface area contributed by atoms with E-state index in [9.17, 15) is 18.0 Å². The molecule has 1 aliphatic rings. The van der Waals surface area contributed by atoms with Crippen LogP contribution in [0.5, 0.6) is 5.75 Å². The molecule has 0 saturated heterocycles. The summed E-state index contributed by atoms with van der Waals surface area (Å²) < 4.78 is 37.1. The first-order chi connectivity index (χ1) is 10.7. The Kier molecular flexibility index (Phi) is 4.90. The van der Waals surface area contributed by atoms with Crippen LogP contribution >= 0.6 is 0 Å². The SMILES string of the molecule is COc1ccc(C(=O)OC(C)C(N)=O)cc1S(=O)(=O)NC1CC1. The van der Waals surface area contributed by atoms with Crippen LogP contribution in [0.4, 0.5) is 0 Å². The first kappa shape index (κ1) is 17.2. The number of amides is 1. The van der Waals surface area contributed by atoms with Gasteiger partial charge in [-0.05, 0) is 38.0 Å². The van der Waals surface area contributed by atoms with Crippen molar-refractivity contribution in [3.8, 4) is 5.75 Å². The Morgan fingerprint density at radius 2 is 2.00 bits per heavy atom. The van der Waals surface area contributed by atoms with E-state index in [1.165, 1.54) is 26.2 Å². The number of carbonyl (C=O) groups is 2. The number of carbonyl (C=O) groups excluding carboxylic acids is 2. The van der Waals surface area contributed by atoms with Gasteiger partial charge in [0.2, 0.25) is 10.0 Å². The van der Waals surface area contributed by atoms with E-state index in [0.717, 1.165) is 18.9 Å². The minimum absolute atomic E-state index is 0.0185. The molecule has 1 aromatic carbocycles. The quantitative estimate of drug-likeness (QED) is 0.680. The standard InChI is InChI=1S/C14H18N2O6S/c1-8(13(15)17)22-14(18)9-3-6-11(21-2)12(7-9)23(19,20)16-10-4-5-10/h3,6-8,10,16H,4-5H2,1-2H3,(H2,15,17). The van der Waals surface area contributed by atoms with Gasteiger partial charge in [-0.2, -0.15) is 0 Å². The Morgan fingerprint density at radius 1 is 1.35 bits per heavy atom. The van der Waals surface area contributed by atoms with E-state index in [1.807, 2.05) is 0 Å². The number of nitrogens with two attached hydrogens (primary N) is 1. The Labute approximate surface area is 134 Å². The van der Waals surface area contributed by atoms with Gasteiger partial charge in [-0.25, -0.2) is 17.9 Å². The lowest BCUT2D eigenvalue weighted by Crippen LogP contribution is -2.30. The third kappa shape index (κ3) is 4.20. The number of benzene rings is 1. The summed E-state index contributed by atoms with van der Waals surface area (Å²) in [6.07, 6.45) is 0.438. The van der Waals surface area contributed by atoms with Crippen molar-refractivity contribution in [3.05, 3.63) is 23.8 Å². The van der Waals surface area contributed by atoms with E-state index in [-0.39, 0.29) is 22.3 Å². The molecule has 1 unspecified atom stereocenters. The van der Waals surface area contributed by atoms with Crippen molar-refractivity contribution in [2.75, 3.05) is 7.11 Å². The summed E-state index contributed by atoms with van der Waals surface area (Å²) in [5, 5.41) is 0. The topological polar surface area (TPSA) is 125 Å². The first-order valence-electron chi connectivity index (χ1n) is 6.95. The molecule has 0 spiro atoms. The second-order valence-electron chi connectivity index (χ2n) is 5.21. The smallest absolute Gasteiger partial charge is 0.338 e. The zero-order valence-corrected chi connectivity index (χ0v) is 13.6. The summed E-state index contributed by atoms with van der Waals surface area (Å²) in [4.78, 5) is 22.8. The third-order valence-electron chi connectivity index (χ3n) is 3.27. The second kappa shape index (κ2) is 6.55. The average molecular weight is 342 g/mol. The number of hydrogen-bond donors (Lipinski definition) is 2. The van der Waals surface area contributed by atoms with E-state index in [4.69, 9.17) is 15.2 Å². The predicted molar refractivity (Wildman–Crippen MR) is 80.4 cm³/mol. The molecule has 1 amide bonds. The van der Waals surface area contributed by atoms with Crippen molar-refractivity contribution in [2.45, 2.75) is 36.8 Å². The molecule has 3 N–H and O–H groups in total. The highest BCUT2D eigenvalue weighted by atomic mass is 32.2. The van der Waals surface area contributed by atoms with Crippen molar-refractivity contribution in [1.29, 1.82) is 0 Å². The molecule has 0 heterocycles. The maximum atomic E-state index is 12.4. The van der Waals surface area contributed by atoms with Crippen molar-refractivity contribution in [1.82, 2.24) is 4.72 Å². The third-order valence-corrected chi connectivity index (χ3v) is 4.81. The molecular formula is C14H18N2O6S. The molecule has 0 aromatic heterocycles. The molecule has 0 aliphatic heterocycles. The van der Waals surface area contributed by atoms with E-state index in [1.54, 1.807) is 0 Å². The molecular weight excluding hydrogens is 324 g/mol. The van der Waals surface area contributed by atoms with Crippen LogP contribution in [0.25, 0.3) is 0 Å². The van der Waals surface area contributed by atoms with Gasteiger partial charge in [-0.15, -0.1) is 0 Å². The van der Waals surface area contributed by atoms with Gasteiger partial charge in [0.25, 0.3) is 5.91 Å². The molecule has 8 nitrogen and oxygen atoms in total. The van der Waals surface area contributed by atoms with Crippen molar-refractivity contribution < 1.29 is 27.5 Å². The Bertz CT molecular complexity index is 727. The monoisotopic (exact) mass is 342 g/mol. The highest BCUT2D eigenvalue weighted by molar-refractivity contribution is 7.89. The number of methoxy groups -OCH3 is 1. The van der Waals surface area contributed by atoms with Crippen LogP contribution in [0.15, 0.2) is 23.1 Å². The maximum absolute atomic E-state index is 12.4. The summed E-state index contributed by atoms with van der Waals surface area (Å²) in [6, 6.07) is 3.77. The number of hydrogen-bond acceptors (Lipinski definition) is 6. The highest BCUT2D eigenvalue weighted by Gasteiger charge is 2.30. The Hall–Kier alpha value is -2.13. The van der Waals surface area contributed by atoms with Crippen LogP contribution in [0.3, 0.4) is 0 Å². The van der Waals surface area contributed by atoms with Gasteiger partial charge in [0.1, 0.15) is 10.6 Å². The number of sulfonamides is 1. The summed E-state index contributed by atoms with van der Waals surface area (Å²) in [5.41, 5.74) is 5.01. The molecule has 0 bridgehead atoms. The first-order valence-corrected chi connectivity index (χ1v) is 8.43. The normalized spacial score (nSPS) is 15.7. The Balaban J connectivity index is 2.31. The number of esters is 1. The van der Waals surface area contributed by atoms with E-state index < -0.39 is 28.0 Å². The number of primary amides is 1. The fourth-order valence-corrected chi connectivity index (χ4v) is 3.28. The molecule has 2 rings (SSSR count). The van der Waals surface area contributed by atoms with Gasteiger partial charge in [-0.3, -0.25) is 4.79 Å². The van der Waals surface area contributed by atoms with Crippen molar-refractivity contribution >= 4 is 21.9 Å². The molecule has 9 heteroatoms. The molecule has 23 heavy (non-hydrogen) atoms. The van der Waals surface area contributed by atoms with Crippen LogP contribution in [0, 0.1) is 0 Å². The molecule has 1 aliphatic carbocycles. The van der Waals surface area contributed by atoms with Crippen molar-refractivity contribution in [2.24, 2.45) is 5.73 Å². The zero-order chi connectivity index (χ0) is 17.2. The molecule has 1 aromatic rings. The van der Waals surface area contributed by atoms with E-state index >= 15 is 0 Å². The minimum atomic E-state index is -3.82. The lowest BCUT2D eigenvalue weighted by atomic mass is 10.2. The molecule has 1 fully saturated rings. The van der Waals surface area contributed by atoms with Gasteiger partial charge in [0.15, 0.2) is 6.10 Å². The van der Waals surface area contributed by atoms with Gasteiger partial charge in [-0.1, -0.05) is 0 Å². The van der Waals surface area contributed by atoms with Gasteiger partial charge < -0.3 is 15.2 Å². The molecule has 0 radical (unpaired) electrons. The van der Waals surface area contributed by atoms with E-state index in [2.05, 4.69) is 4.72 Å². The van der Waals surface area contributed by atoms with Gasteiger partial charge in [0.05, 0.1) is 12.7 Å². The van der Waals surface area contributed by atoms with E-state index in [0.29, 0.717) is 0 Å². The maximum Gasteiger partial charge on any atom is 0.338 e. The molecule has 126 valence electrons. The Morgan fingerprint density at radius 3 is 2.52 bits per heavy atom. The fourth-order valence-electron chi connectivity index (χ4n) is 1.78. The minimum Gasteiger partial charge on any atom is -0.495 e. The van der Waals surface area contributed by atoms with Gasteiger partial charge >= 0.3 is 5.97 Å². The van der Waals surface area contributed by atoms with Crippen molar-refractivity contribution in [3.63, 3.8) is 0 Å². The van der Waals surface area contributed by atoms with Crippen LogP contribution in [0.2, 0.25) is 0 Å². The zero-order valence-electron chi connectivity index (χ0n) is 12.7. The molecule has 1 saturated carbocycles. The van der Waals surface area contributed by atoms with Crippen LogP contribution in [0.1, 0.15) is 30.1 Å². The number of ether oxygens (including phenoxy) is 2. The second-order valence-corrected chi connectivity index (χ2v) is 6.89. The highest BCUT2D eigenvalue weighted by Crippen LogP contribution is 2.28. The summed E-state index contributed by atoms with van der Waals surface area (Å²) in [7, 11) is -2.48. The lowest BCUT2D eigenvalue weighted by Gasteiger charge is -2.13. The number of rotatable bonds is 7. The lowest BCUT2D eigenvalue weighted by molar-refractivity contribution is -0.125. The van der Waals surface area contributed by atoms with Crippen LogP contribution in [-0.2, 0) is 19.6 Å². The predicted octanol–water partition coefficient (Wildman–Crippen LogP) is 0.166. The largest absolute Gasteiger partial charge is 0.495 e. The van der Waals surface area contributed by atoms with Gasteiger partial charge in [0, 0.05) is 6.04 Å². The summed E-state index contributed by atoms with van der Waals surface area (Å²) in [5.74, 6) is -1.53. The average Bonchev–Trinajstić information content (AvgIpc) is 3.29. The summed E-state index contributed by atoms with van der Waals surface area (Å²) in [6.45, 7) is 1.33. The number of nitrogens with one attached hydrogen (secondary N) is 1. The fraction of sp³-hybridized carbons (Fsp3) is 0.429. The van der Waals surface area contributed by atoms with Crippen LogP contribution < -0.4 is 15.2 Å². The molecule has 1 atom stereocenters. The van der Waals surface area contributed by atoms with Crippen LogP contribution in [-0.4, -0.2) is 39.5 Å².